The van der Waals surface area contributed by atoms with Crippen LogP contribution in [0.3, 0.4) is 0 Å². The number of fused-ring (bicyclic) bond motifs is 1. The topological polar surface area (TPSA) is 45.3 Å². The molecule has 0 radical (unpaired) electrons. The lowest BCUT2D eigenvalue weighted by molar-refractivity contribution is -0.142. The van der Waals surface area contributed by atoms with Gasteiger partial charge < -0.3 is 19.3 Å². The van der Waals surface area contributed by atoms with Crippen molar-refractivity contribution in [2.24, 2.45) is 0 Å². The summed E-state index contributed by atoms with van der Waals surface area (Å²) < 4.78 is 50.7. The number of ether oxygens (including phenoxy) is 2. The molecule has 0 aromatic heterocycles. The van der Waals surface area contributed by atoms with Crippen LogP contribution in [0.15, 0.2) is 48.5 Å². The molecule has 5 rings (SSSR count). The molecule has 0 aliphatic carbocycles. The Kier molecular flexibility index (Phi) is 6.29. The number of piperidine rings is 1. The smallest absolute Gasteiger partial charge is 0.416 e. The molecule has 1 unspecified atom stereocenters. The summed E-state index contributed by atoms with van der Waals surface area (Å²) in [5, 5.41) is 0. The van der Waals surface area contributed by atoms with E-state index in [1.165, 1.54) is 12.1 Å². The summed E-state index contributed by atoms with van der Waals surface area (Å²) in [5.74, 6) is 1.22. The van der Waals surface area contributed by atoms with Gasteiger partial charge in [0.15, 0.2) is 11.5 Å². The Morgan fingerprint density at radius 2 is 1.59 bits per heavy atom. The molecule has 34 heavy (non-hydrogen) atoms. The maximum atomic E-state index is 13.0. The van der Waals surface area contributed by atoms with E-state index in [0.29, 0.717) is 49.4 Å². The number of hydrogen-bond acceptors (Lipinski definition) is 5. The number of likely N-dealkylation sites (tertiary alicyclic amines) is 1. The lowest BCUT2D eigenvalue weighted by Crippen LogP contribution is -2.55. The third-order valence-corrected chi connectivity index (χ3v) is 6.93. The number of benzene rings is 2. The molecule has 9 heteroatoms. The van der Waals surface area contributed by atoms with E-state index < -0.39 is 17.8 Å². The molecule has 2 saturated heterocycles. The second-order valence-electron chi connectivity index (χ2n) is 8.99. The second kappa shape index (κ2) is 9.37. The van der Waals surface area contributed by atoms with Gasteiger partial charge >= 0.3 is 6.18 Å². The highest BCUT2D eigenvalue weighted by Gasteiger charge is 2.35. The molecule has 0 saturated carbocycles. The Hall–Kier alpha value is -2.94. The molecular formula is C25H28F3N3O3. The molecule has 182 valence electrons. The lowest BCUT2D eigenvalue weighted by Gasteiger charge is -2.43. The van der Waals surface area contributed by atoms with Crippen molar-refractivity contribution in [3.63, 3.8) is 0 Å². The Labute approximate surface area is 196 Å². The number of piperazine rings is 1. The van der Waals surface area contributed by atoms with Gasteiger partial charge in [-0.25, -0.2) is 0 Å². The van der Waals surface area contributed by atoms with Crippen molar-refractivity contribution >= 4 is 11.6 Å². The van der Waals surface area contributed by atoms with Gasteiger partial charge in [0.1, 0.15) is 6.61 Å². The van der Waals surface area contributed by atoms with Gasteiger partial charge in [-0.3, -0.25) is 9.69 Å². The van der Waals surface area contributed by atoms with Crippen molar-refractivity contribution in [1.29, 1.82) is 0 Å². The fraction of sp³-hybridized carbons (Fsp3) is 0.480. The predicted molar refractivity (Wildman–Crippen MR) is 121 cm³/mol. The third-order valence-electron chi connectivity index (χ3n) is 6.93. The average Bonchev–Trinajstić information content (AvgIpc) is 2.88. The summed E-state index contributed by atoms with van der Waals surface area (Å²) in [5.41, 5.74) is 0.00599. The normalized spacial score (nSPS) is 22.0. The van der Waals surface area contributed by atoms with Crippen LogP contribution < -0.4 is 14.4 Å². The molecule has 3 aliphatic rings. The number of nitrogens with zero attached hydrogens (tertiary/aromatic N) is 3. The van der Waals surface area contributed by atoms with Crippen LogP contribution in [-0.4, -0.2) is 73.7 Å². The predicted octanol–water partition coefficient (Wildman–Crippen LogP) is 3.66. The summed E-state index contributed by atoms with van der Waals surface area (Å²) in [4.78, 5) is 19.2. The van der Waals surface area contributed by atoms with Crippen molar-refractivity contribution in [3.8, 4) is 11.5 Å². The number of rotatable bonds is 3. The van der Waals surface area contributed by atoms with Crippen LogP contribution in [-0.2, 0) is 11.0 Å². The minimum atomic E-state index is -4.33. The first-order valence-electron chi connectivity index (χ1n) is 11.7. The van der Waals surface area contributed by atoms with Crippen molar-refractivity contribution in [1.82, 2.24) is 9.80 Å². The molecule has 0 N–H and O–H groups in total. The molecular weight excluding hydrogens is 447 g/mol. The van der Waals surface area contributed by atoms with E-state index in [9.17, 15) is 18.0 Å². The number of carbonyl (C=O) groups is 1. The number of halogens is 3. The molecule has 3 aliphatic heterocycles. The largest absolute Gasteiger partial charge is 0.485 e. The summed E-state index contributed by atoms with van der Waals surface area (Å²) >= 11 is 0. The van der Waals surface area contributed by atoms with Gasteiger partial charge in [-0.15, -0.1) is 0 Å². The van der Waals surface area contributed by atoms with E-state index in [-0.39, 0.29) is 12.5 Å². The van der Waals surface area contributed by atoms with Crippen molar-refractivity contribution in [3.05, 3.63) is 54.1 Å². The Balaban J connectivity index is 1.11. The molecule has 6 nitrogen and oxygen atoms in total. The highest BCUT2D eigenvalue weighted by molar-refractivity contribution is 5.82. The average molecular weight is 476 g/mol. The minimum Gasteiger partial charge on any atom is -0.485 e. The third kappa shape index (κ3) is 4.80. The van der Waals surface area contributed by atoms with Gasteiger partial charge in [-0.05, 0) is 43.2 Å². The minimum absolute atomic E-state index is 0.0395. The number of anilines is 1. The quantitative estimate of drug-likeness (QED) is 0.678. The zero-order valence-corrected chi connectivity index (χ0v) is 18.8. The number of carbonyl (C=O) groups excluding carboxylic acids is 1. The summed E-state index contributed by atoms with van der Waals surface area (Å²) in [7, 11) is 0. The van der Waals surface area contributed by atoms with E-state index in [4.69, 9.17) is 9.47 Å². The van der Waals surface area contributed by atoms with Crippen LogP contribution >= 0.6 is 0 Å². The van der Waals surface area contributed by atoms with E-state index in [1.54, 1.807) is 12.1 Å². The SMILES string of the molecule is O=C(C1COc2ccccc2O1)N1CCC(N2CCN(c3cccc(C(F)(F)F)c3)CC2)CC1. The molecule has 1 atom stereocenters. The van der Waals surface area contributed by atoms with Gasteiger partial charge in [-0.1, -0.05) is 18.2 Å². The van der Waals surface area contributed by atoms with Crippen molar-refractivity contribution in [2.75, 3.05) is 50.8 Å². The van der Waals surface area contributed by atoms with E-state index in [0.717, 1.165) is 32.0 Å². The zero-order chi connectivity index (χ0) is 23.7. The first kappa shape index (κ1) is 22.8. The molecule has 2 aromatic rings. The molecule has 1 amide bonds. The Morgan fingerprint density at radius 1 is 0.882 bits per heavy atom. The molecule has 2 fully saturated rings. The van der Waals surface area contributed by atoms with Crippen LogP contribution in [0.25, 0.3) is 0 Å². The summed E-state index contributed by atoms with van der Waals surface area (Å²) in [6.45, 7) is 4.52. The monoisotopic (exact) mass is 475 g/mol. The summed E-state index contributed by atoms with van der Waals surface area (Å²) in [6.07, 6.45) is -3.21. The van der Waals surface area contributed by atoms with Gasteiger partial charge in [-0.2, -0.15) is 13.2 Å². The van der Waals surface area contributed by atoms with Crippen LogP contribution in [0, 0.1) is 0 Å². The van der Waals surface area contributed by atoms with Crippen LogP contribution in [0.2, 0.25) is 0 Å². The van der Waals surface area contributed by atoms with Crippen molar-refractivity contribution < 1.29 is 27.4 Å². The fourth-order valence-corrected chi connectivity index (χ4v) is 5.02. The van der Waals surface area contributed by atoms with E-state index in [2.05, 4.69) is 4.90 Å². The fourth-order valence-electron chi connectivity index (χ4n) is 5.02. The van der Waals surface area contributed by atoms with Crippen LogP contribution in [0.1, 0.15) is 18.4 Å². The van der Waals surface area contributed by atoms with Crippen LogP contribution in [0.4, 0.5) is 18.9 Å². The first-order valence-corrected chi connectivity index (χ1v) is 11.7. The number of alkyl halides is 3. The highest BCUT2D eigenvalue weighted by Crippen LogP contribution is 2.33. The molecule has 2 aromatic carbocycles. The maximum absolute atomic E-state index is 13.0. The molecule has 3 heterocycles. The van der Waals surface area contributed by atoms with Gasteiger partial charge in [0.2, 0.25) is 6.10 Å². The number of amides is 1. The molecule has 0 bridgehead atoms. The Morgan fingerprint density at radius 3 is 2.29 bits per heavy atom. The summed E-state index contributed by atoms with van der Waals surface area (Å²) in [6, 6.07) is 13.3. The second-order valence-corrected chi connectivity index (χ2v) is 8.99. The van der Waals surface area contributed by atoms with Gasteiger partial charge in [0, 0.05) is 51.0 Å². The van der Waals surface area contributed by atoms with Gasteiger partial charge in [0.05, 0.1) is 5.56 Å². The molecule has 0 spiro atoms. The van der Waals surface area contributed by atoms with Gasteiger partial charge in [0.25, 0.3) is 5.91 Å². The zero-order valence-electron chi connectivity index (χ0n) is 18.8. The Bertz CT molecular complexity index is 1020. The number of hydrogen-bond donors (Lipinski definition) is 0. The number of para-hydroxylation sites is 2. The lowest BCUT2D eigenvalue weighted by atomic mass is 10.0. The van der Waals surface area contributed by atoms with Crippen LogP contribution in [0.5, 0.6) is 11.5 Å². The van der Waals surface area contributed by atoms with Crippen molar-refractivity contribution in [2.45, 2.75) is 31.2 Å². The standard InChI is InChI=1S/C25H28F3N3O3/c26-25(27,28)18-4-3-5-20(16-18)30-14-12-29(13-15-30)19-8-10-31(11-9-19)24(32)23-17-33-21-6-1-2-7-22(21)34-23/h1-7,16,19,23H,8-15,17H2. The first-order chi connectivity index (χ1) is 16.4. The van der Waals surface area contributed by atoms with E-state index >= 15 is 0 Å². The highest BCUT2D eigenvalue weighted by atomic mass is 19.4. The maximum Gasteiger partial charge on any atom is 0.416 e. The van der Waals surface area contributed by atoms with E-state index in [1.807, 2.05) is 28.0 Å².